The highest BCUT2D eigenvalue weighted by Crippen LogP contribution is 2.28. The summed E-state index contributed by atoms with van der Waals surface area (Å²) in [6, 6.07) is 4.71. The number of hydrogen-bond acceptors (Lipinski definition) is 1. The molecular weight excluding hydrogens is 249 g/mol. The lowest BCUT2D eigenvalue weighted by atomic mass is 9.80. The molecular formula is C15H21ClFN. The first-order valence-corrected chi connectivity index (χ1v) is 7.18. The van der Waals surface area contributed by atoms with Gasteiger partial charge in [0.15, 0.2) is 0 Å². The maximum absolute atomic E-state index is 13.2. The molecule has 1 nitrogen and oxygen atoms in total. The number of halogens is 2. The van der Waals surface area contributed by atoms with Crippen molar-refractivity contribution in [3.63, 3.8) is 0 Å². The number of hydrogen-bond donors (Lipinski definition) is 1. The summed E-state index contributed by atoms with van der Waals surface area (Å²) in [5.41, 5.74) is 0.920. The molecule has 0 saturated heterocycles. The Bertz CT molecular complexity index is 374. The van der Waals surface area contributed by atoms with Gasteiger partial charge in [0.2, 0.25) is 0 Å². The van der Waals surface area contributed by atoms with Crippen molar-refractivity contribution in [3.8, 4) is 0 Å². The summed E-state index contributed by atoms with van der Waals surface area (Å²) in [4.78, 5) is 0. The summed E-state index contributed by atoms with van der Waals surface area (Å²) in [7, 11) is 0. The molecule has 0 aromatic heterocycles. The summed E-state index contributed by atoms with van der Waals surface area (Å²) in [5.74, 6) is 1.32. The normalized spacial score (nSPS) is 24.2. The summed E-state index contributed by atoms with van der Waals surface area (Å²) in [6.07, 6.45) is 5.38. The molecule has 0 spiro atoms. The van der Waals surface area contributed by atoms with E-state index in [9.17, 15) is 4.39 Å². The predicted octanol–water partition coefficient (Wildman–Crippen LogP) is 4.40. The van der Waals surface area contributed by atoms with Gasteiger partial charge in [-0.05, 0) is 48.6 Å². The number of rotatable bonds is 4. The van der Waals surface area contributed by atoms with E-state index in [1.165, 1.54) is 31.7 Å². The summed E-state index contributed by atoms with van der Waals surface area (Å²) in [6.45, 7) is 4.06. The molecule has 1 saturated carbocycles. The largest absolute Gasteiger partial charge is 0.312 e. The second-order valence-corrected chi connectivity index (χ2v) is 5.87. The summed E-state index contributed by atoms with van der Waals surface area (Å²) in [5, 5.41) is 3.90. The molecule has 1 N–H and O–H groups in total. The average Bonchev–Trinajstić information content (AvgIpc) is 2.30. The van der Waals surface area contributed by atoms with Gasteiger partial charge in [0.05, 0.1) is 0 Å². The molecule has 0 aliphatic heterocycles. The molecule has 0 radical (unpaired) electrons. The minimum absolute atomic E-state index is 0.259. The van der Waals surface area contributed by atoms with Crippen LogP contribution in [0.25, 0.3) is 0 Å². The highest BCUT2D eigenvalue weighted by atomic mass is 35.5. The van der Waals surface area contributed by atoms with Crippen LogP contribution in [0.5, 0.6) is 0 Å². The molecule has 1 aliphatic carbocycles. The zero-order chi connectivity index (χ0) is 13.0. The Balaban J connectivity index is 1.80. The van der Waals surface area contributed by atoms with E-state index >= 15 is 0 Å². The van der Waals surface area contributed by atoms with Crippen molar-refractivity contribution in [2.45, 2.75) is 39.2 Å². The minimum atomic E-state index is -0.259. The Morgan fingerprint density at radius 3 is 2.78 bits per heavy atom. The number of benzene rings is 1. The quantitative estimate of drug-likeness (QED) is 0.855. The van der Waals surface area contributed by atoms with Crippen molar-refractivity contribution in [3.05, 3.63) is 34.6 Å². The fourth-order valence-electron chi connectivity index (χ4n) is 2.81. The van der Waals surface area contributed by atoms with Crippen LogP contribution in [0.2, 0.25) is 5.02 Å². The highest BCUT2D eigenvalue weighted by Gasteiger charge is 2.20. The van der Waals surface area contributed by atoms with Gasteiger partial charge in [0.25, 0.3) is 0 Å². The maximum Gasteiger partial charge on any atom is 0.125 e. The Morgan fingerprint density at radius 2 is 2.06 bits per heavy atom. The Morgan fingerprint density at radius 1 is 1.28 bits per heavy atom. The lowest BCUT2D eigenvalue weighted by Gasteiger charge is -2.28. The van der Waals surface area contributed by atoms with Crippen molar-refractivity contribution >= 4 is 11.6 Å². The molecule has 1 fully saturated rings. The van der Waals surface area contributed by atoms with Crippen molar-refractivity contribution in [1.82, 2.24) is 5.32 Å². The smallest absolute Gasteiger partial charge is 0.125 e. The van der Waals surface area contributed by atoms with Crippen LogP contribution in [0.3, 0.4) is 0 Å². The topological polar surface area (TPSA) is 12.0 Å². The van der Waals surface area contributed by atoms with E-state index in [4.69, 9.17) is 11.6 Å². The zero-order valence-electron chi connectivity index (χ0n) is 10.9. The first-order valence-electron chi connectivity index (χ1n) is 6.81. The van der Waals surface area contributed by atoms with Gasteiger partial charge in [-0.3, -0.25) is 0 Å². The van der Waals surface area contributed by atoms with Crippen molar-refractivity contribution in [2.75, 3.05) is 6.54 Å². The van der Waals surface area contributed by atoms with Crippen LogP contribution in [0.15, 0.2) is 18.2 Å². The summed E-state index contributed by atoms with van der Waals surface area (Å²) >= 11 is 5.83. The lowest BCUT2D eigenvalue weighted by molar-refractivity contribution is 0.247. The molecule has 2 unspecified atom stereocenters. The molecule has 1 aliphatic rings. The van der Waals surface area contributed by atoms with E-state index < -0.39 is 0 Å². The molecule has 2 atom stereocenters. The highest BCUT2D eigenvalue weighted by molar-refractivity contribution is 6.30. The van der Waals surface area contributed by atoms with Gasteiger partial charge in [0.1, 0.15) is 5.82 Å². The van der Waals surface area contributed by atoms with Gasteiger partial charge in [0, 0.05) is 11.6 Å². The first kappa shape index (κ1) is 13.8. The first-order chi connectivity index (χ1) is 8.65. The molecule has 0 heterocycles. The van der Waals surface area contributed by atoms with Crippen LogP contribution in [0.4, 0.5) is 4.39 Å². The van der Waals surface area contributed by atoms with Crippen molar-refractivity contribution < 1.29 is 4.39 Å². The lowest BCUT2D eigenvalue weighted by Crippen LogP contribution is -2.29. The SMILES string of the molecule is CC1CCCCC1CNCc1cc(F)cc(Cl)c1. The monoisotopic (exact) mass is 269 g/mol. The van der Waals surface area contributed by atoms with Gasteiger partial charge < -0.3 is 5.32 Å². The van der Waals surface area contributed by atoms with Gasteiger partial charge in [-0.1, -0.05) is 37.8 Å². The number of nitrogens with one attached hydrogen (secondary N) is 1. The zero-order valence-corrected chi connectivity index (χ0v) is 11.6. The van der Waals surface area contributed by atoms with E-state index in [0.29, 0.717) is 11.6 Å². The third-order valence-corrected chi connectivity index (χ3v) is 4.17. The fraction of sp³-hybridized carbons (Fsp3) is 0.600. The van der Waals surface area contributed by atoms with Gasteiger partial charge >= 0.3 is 0 Å². The molecule has 0 bridgehead atoms. The van der Waals surface area contributed by atoms with Gasteiger partial charge in [-0.2, -0.15) is 0 Å². The van der Waals surface area contributed by atoms with E-state index in [-0.39, 0.29) is 5.82 Å². The van der Waals surface area contributed by atoms with E-state index in [0.717, 1.165) is 23.9 Å². The van der Waals surface area contributed by atoms with Crippen LogP contribution < -0.4 is 5.32 Å². The second-order valence-electron chi connectivity index (χ2n) is 5.43. The molecule has 18 heavy (non-hydrogen) atoms. The molecule has 1 aromatic carbocycles. The Hall–Kier alpha value is -0.600. The van der Waals surface area contributed by atoms with Gasteiger partial charge in [-0.25, -0.2) is 4.39 Å². The molecule has 100 valence electrons. The van der Waals surface area contributed by atoms with Crippen molar-refractivity contribution in [2.24, 2.45) is 11.8 Å². The predicted molar refractivity (Wildman–Crippen MR) is 74.2 cm³/mol. The Kier molecular flexibility index (Phi) is 5.02. The van der Waals surface area contributed by atoms with Gasteiger partial charge in [-0.15, -0.1) is 0 Å². The molecule has 0 amide bonds. The standard InChI is InChI=1S/C15H21ClFN/c1-11-4-2-3-5-13(11)10-18-9-12-6-14(16)8-15(17)7-12/h6-8,11,13,18H,2-5,9-10H2,1H3. The van der Waals surface area contributed by atoms with E-state index in [2.05, 4.69) is 12.2 Å². The summed E-state index contributed by atoms with van der Waals surface area (Å²) < 4.78 is 13.2. The van der Waals surface area contributed by atoms with Crippen LogP contribution in [0, 0.1) is 17.7 Å². The third kappa shape index (κ3) is 3.96. The van der Waals surface area contributed by atoms with Crippen LogP contribution in [-0.2, 0) is 6.54 Å². The average molecular weight is 270 g/mol. The van der Waals surface area contributed by atoms with E-state index in [1.807, 2.05) is 6.07 Å². The fourth-order valence-corrected chi connectivity index (χ4v) is 3.06. The molecule has 1 aromatic rings. The van der Waals surface area contributed by atoms with Crippen LogP contribution in [0.1, 0.15) is 38.2 Å². The van der Waals surface area contributed by atoms with Crippen LogP contribution in [-0.4, -0.2) is 6.54 Å². The second kappa shape index (κ2) is 6.53. The van der Waals surface area contributed by atoms with Crippen LogP contribution >= 0.6 is 11.6 Å². The molecule has 3 heteroatoms. The van der Waals surface area contributed by atoms with Crippen molar-refractivity contribution in [1.29, 1.82) is 0 Å². The van der Waals surface area contributed by atoms with E-state index in [1.54, 1.807) is 6.07 Å². The third-order valence-electron chi connectivity index (χ3n) is 3.95. The Labute approximate surface area is 114 Å². The minimum Gasteiger partial charge on any atom is -0.312 e. The molecule has 2 rings (SSSR count). The maximum atomic E-state index is 13.2.